The van der Waals surface area contributed by atoms with Crippen LogP contribution in [0.2, 0.25) is 0 Å². The van der Waals surface area contributed by atoms with E-state index in [1.165, 1.54) is 11.8 Å². The monoisotopic (exact) mass is 348 g/mol. The van der Waals surface area contributed by atoms with Gasteiger partial charge in [-0.05, 0) is 26.3 Å². The van der Waals surface area contributed by atoms with Crippen LogP contribution in [0.3, 0.4) is 0 Å². The van der Waals surface area contributed by atoms with E-state index in [-0.39, 0.29) is 11.2 Å². The van der Waals surface area contributed by atoms with Gasteiger partial charge in [0.2, 0.25) is 5.91 Å². The van der Waals surface area contributed by atoms with Crippen LogP contribution in [-0.2, 0) is 16.1 Å². The number of methoxy groups -OCH3 is 1. The fraction of sp³-hybridized carbons (Fsp3) is 0.471. The first kappa shape index (κ1) is 18.5. The molecule has 0 aliphatic rings. The van der Waals surface area contributed by atoms with Gasteiger partial charge in [-0.2, -0.15) is 0 Å². The molecule has 24 heavy (non-hydrogen) atoms. The van der Waals surface area contributed by atoms with Crippen LogP contribution < -0.4 is 5.32 Å². The van der Waals surface area contributed by atoms with Crippen molar-refractivity contribution in [3.8, 4) is 11.4 Å². The number of aromatic nitrogens is 3. The van der Waals surface area contributed by atoms with E-state index in [0.29, 0.717) is 13.2 Å². The second kappa shape index (κ2) is 8.84. The minimum Gasteiger partial charge on any atom is -0.383 e. The fourth-order valence-corrected chi connectivity index (χ4v) is 3.25. The zero-order valence-electron chi connectivity index (χ0n) is 14.6. The molecule has 0 saturated carbocycles. The second-order valence-electron chi connectivity index (χ2n) is 5.41. The molecule has 1 aromatic carbocycles. The molecule has 2 aromatic rings. The Balaban J connectivity index is 2.15. The molecule has 0 unspecified atom stereocenters. The van der Waals surface area contributed by atoms with Gasteiger partial charge in [0.05, 0.1) is 11.9 Å². The van der Waals surface area contributed by atoms with Gasteiger partial charge >= 0.3 is 0 Å². The molecule has 0 spiro atoms. The Morgan fingerprint density at radius 3 is 2.79 bits per heavy atom. The number of carbonyl (C=O) groups excluding carboxylic acids is 1. The van der Waals surface area contributed by atoms with Crippen LogP contribution in [-0.4, -0.2) is 46.2 Å². The maximum Gasteiger partial charge on any atom is 0.233 e. The van der Waals surface area contributed by atoms with E-state index >= 15 is 0 Å². The number of carbonyl (C=O) groups is 1. The molecule has 0 bridgehead atoms. The van der Waals surface area contributed by atoms with Crippen molar-refractivity contribution in [3.05, 3.63) is 29.8 Å². The highest BCUT2D eigenvalue weighted by molar-refractivity contribution is 8.00. The van der Waals surface area contributed by atoms with Crippen molar-refractivity contribution >= 4 is 17.7 Å². The number of amides is 1. The average Bonchev–Trinajstić information content (AvgIpc) is 2.97. The average molecular weight is 348 g/mol. The molecule has 2 rings (SSSR count). The maximum atomic E-state index is 12.1. The normalized spacial score (nSPS) is 12.2. The molecule has 1 aromatic heterocycles. The SMILES string of the molecule is CCn1c(S[C@@H](C)C(=O)NCCOC)nnc1-c1ccccc1C. The summed E-state index contributed by atoms with van der Waals surface area (Å²) in [6, 6.07) is 8.10. The maximum absolute atomic E-state index is 12.1. The summed E-state index contributed by atoms with van der Waals surface area (Å²) < 4.78 is 6.99. The van der Waals surface area contributed by atoms with Crippen molar-refractivity contribution in [1.82, 2.24) is 20.1 Å². The van der Waals surface area contributed by atoms with Crippen molar-refractivity contribution in [2.45, 2.75) is 37.7 Å². The number of rotatable bonds is 8. The van der Waals surface area contributed by atoms with Crippen LogP contribution in [0.4, 0.5) is 0 Å². The third-order valence-electron chi connectivity index (χ3n) is 3.68. The molecule has 0 aliphatic carbocycles. The number of nitrogens with zero attached hydrogens (tertiary/aromatic N) is 3. The number of thioether (sulfide) groups is 1. The summed E-state index contributed by atoms with van der Waals surface area (Å²) in [6.45, 7) is 7.74. The van der Waals surface area contributed by atoms with E-state index in [1.807, 2.05) is 29.7 Å². The lowest BCUT2D eigenvalue weighted by molar-refractivity contribution is -0.120. The lowest BCUT2D eigenvalue weighted by Gasteiger charge is -2.13. The predicted octanol–water partition coefficient (Wildman–Crippen LogP) is 2.52. The highest BCUT2D eigenvalue weighted by Gasteiger charge is 2.20. The molecular formula is C17H24N4O2S. The lowest BCUT2D eigenvalue weighted by atomic mass is 10.1. The Labute approximate surface area is 147 Å². The first-order valence-corrected chi connectivity index (χ1v) is 8.89. The van der Waals surface area contributed by atoms with E-state index < -0.39 is 0 Å². The van der Waals surface area contributed by atoms with Crippen LogP contribution >= 0.6 is 11.8 Å². The summed E-state index contributed by atoms with van der Waals surface area (Å²) in [4.78, 5) is 12.1. The molecule has 0 radical (unpaired) electrons. The number of hydrogen-bond donors (Lipinski definition) is 1. The van der Waals surface area contributed by atoms with Crippen LogP contribution in [0.15, 0.2) is 29.4 Å². The standard InChI is InChI=1S/C17H24N4O2S/c1-5-21-15(14-9-7-6-8-12(14)2)19-20-17(21)24-13(3)16(22)18-10-11-23-4/h6-9,13H,5,10-11H2,1-4H3,(H,18,22)/t13-/m0/s1. The molecule has 130 valence electrons. The van der Waals surface area contributed by atoms with E-state index in [0.717, 1.165) is 28.7 Å². The van der Waals surface area contributed by atoms with Crippen LogP contribution in [0.1, 0.15) is 19.4 Å². The third kappa shape index (κ3) is 4.36. The number of aryl methyl sites for hydroxylation is 1. The summed E-state index contributed by atoms with van der Waals surface area (Å²) in [6.07, 6.45) is 0. The highest BCUT2D eigenvalue weighted by Crippen LogP contribution is 2.28. The zero-order chi connectivity index (χ0) is 17.5. The molecule has 0 fully saturated rings. The van der Waals surface area contributed by atoms with Crippen molar-refractivity contribution < 1.29 is 9.53 Å². The Bertz CT molecular complexity index is 687. The minimum absolute atomic E-state index is 0.0276. The Kier molecular flexibility index (Phi) is 6.81. The molecule has 1 heterocycles. The van der Waals surface area contributed by atoms with Gasteiger partial charge in [0.25, 0.3) is 0 Å². The summed E-state index contributed by atoms with van der Waals surface area (Å²) >= 11 is 1.42. The van der Waals surface area contributed by atoms with Gasteiger partial charge in [0.1, 0.15) is 0 Å². The van der Waals surface area contributed by atoms with Gasteiger partial charge in [-0.1, -0.05) is 36.0 Å². The summed E-state index contributed by atoms with van der Waals surface area (Å²) in [5.41, 5.74) is 2.22. The zero-order valence-corrected chi connectivity index (χ0v) is 15.4. The first-order valence-electron chi connectivity index (χ1n) is 8.01. The number of hydrogen-bond acceptors (Lipinski definition) is 5. The van der Waals surface area contributed by atoms with Crippen molar-refractivity contribution in [1.29, 1.82) is 0 Å². The molecule has 0 saturated heterocycles. The first-order chi connectivity index (χ1) is 11.6. The summed E-state index contributed by atoms with van der Waals surface area (Å²) in [5, 5.41) is 12.0. The van der Waals surface area contributed by atoms with Gasteiger partial charge in [-0.3, -0.25) is 4.79 Å². The van der Waals surface area contributed by atoms with Gasteiger partial charge in [0.15, 0.2) is 11.0 Å². The predicted molar refractivity (Wildman–Crippen MR) is 96.1 cm³/mol. The quantitative estimate of drug-likeness (QED) is 0.586. The molecular weight excluding hydrogens is 324 g/mol. The van der Waals surface area contributed by atoms with Gasteiger partial charge in [-0.15, -0.1) is 10.2 Å². The number of nitrogens with one attached hydrogen (secondary N) is 1. The molecule has 1 amide bonds. The highest BCUT2D eigenvalue weighted by atomic mass is 32.2. The number of benzene rings is 1. The van der Waals surface area contributed by atoms with Gasteiger partial charge < -0.3 is 14.6 Å². The van der Waals surface area contributed by atoms with Crippen molar-refractivity contribution in [2.24, 2.45) is 0 Å². The minimum atomic E-state index is -0.249. The Morgan fingerprint density at radius 1 is 1.38 bits per heavy atom. The smallest absolute Gasteiger partial charge is 0.233 e. The fourth-order valence-electron chi connectivity index (χ4n) is 2.32. The Hall–Kier alpha value is -1.86. The topological polar surface area (TPSA) is 69.0 Å². The van der Waals surface area contributed by atoms with Gasteiger partial charge in [-0.25, -0.2) is 0 Å². The summed E-state index contributed by atoms with van der Waals surface area (Å²) in [5.74, 6) is 0.810. The van der Waals surface area contributed by atoms with E-state index in [4.69, 9.17) is 4.74 Å². The molecule has 6 nitrogen and oxygen atoms in total. The van der Waals surface area contributed by atoms with Crippen LogP contribution in [0.25, 0.3) is 11.4 Å². The van der Waals surface area contributed by atoms with Crippen molar-refractivity contribution in [3.63, 3.8) is 0 Å². The third-order valence-corrected chi connectivity index (χ3v) is 4.76. The molecule has 1 N–H and O–H groups in total. The van der Waals surface area contributed by atoms with Crippen LogP contribution in [0, 0.1) is 6.92 Å². The van der Waals surface area contributed by atoms with E-state index in [9.17, 15) is 4.79 Å². The van der Waals surface area contributed by atoms with Crippen LogP contribution in [0.5, 0.6) is 0 Å². The van der Waals surface area contributed by atoms with Crippen molar-refractivity contribution in [2.75, 3.05) is 20.3 Å². The largest absolute Gasteiger partial charge is 0.383 e. The summed E-state index contributed by atoms with van der Waals surface area (Å²) in [7, 11) is 1.61. The molecule has 7 heteroatoms. The van der Waals surface area contributed by atoms with E-state index in [1.54, 1.807) is 7.11 Å². The second-order valence-corrected chi connectivity index (χ2v) is 6.72. The Morgan fingerprint density at radius 2 is 2.12 bits per heavy atom. The van der Waals surface area contributed by atoms with Gasteiger partial charge in [0, 0.05) is 25.8 Å². The van der Waals surface area contributed by atoms with E-state index in [2.05, 4.69) is 35.4 Å². The molecule has 1 atom stereocenters. The lowest BCUT2D eigenvalue weighted by Crippen LogP contribution is -2.33. The molecule has 0 aliphatic heterocycles. The number of ether oxygens (including phenoxy) is 1.